The number of unbranched alkanes of at least 4 members (excludes halogenated alkanes) is 1. The zero-order valence-corrected chi connectivity index (χ0v) is 18.6. The van der Waals surface area contributed by atoms with Crippen molar-refractivity contribution >= 4 is 47.2 Å². The molecular formula is C19H26Cl2N6OS. The molecule has 0 unspecified atom stereocenters. The third kappa shape index (κ3) is 7.74. The largest absolute Gasteiger partial charge is 0.333 e. The third-order valence-corrected chi connectivity index (χ3v) is 5.00. The van der Waals surface area contributed by atoms with E-state index in [-0.39, 0.29) is 30.7 Å². The topological polar surface area (TPSA) is 98.7 Å². The average Bonchev–Trinajstić information content (AvgIpc) is 3.30. The quantitative estimate of drug-likeness (QED) is 0.513. The summed E-state index contributed by atoms with van der Waals surface area (Å²) in [6.45, 7) is 2.87. The Labute approximate surface area is 187 Å². The van der Waals surface area contributed by atoms with Crippen LogP contribution in [0.4, 0.5) is 5.13 Å². The van der Waals surface area contributed by atoms with Gasteiger partial charge < -0.3 is 10.3 Å². The minimum atomic E-state index is -0.687. The highest BCUT2D eigenvalue weighted by Crippen LogP contribution is 2.17. The number of nitrogens with zero attached hydrogens (tertiary/aromatic N) is 4. The number of nitrogens with two attached hydrogens (primary N) is 1. The SMILES string of the molecule is CCCCc1nnc(NC(=O)[C@@H](N)Cc2cn(Cc3ccccc3)cn2)s1.Cl.Cl. The van der Waals surface area contributed by atoms with Crippen LogP contribution in [-0.4, -0.2) is 31.7 Å². The van der Waals surface area contributed by atoms with Crippen LogP contribution in [0.2, 0.25) is 0 Å². The van der Waals surface area contributed by atoms with E-state index in [1.807, 2.05) is 29.0 Å². The predicted octanol–water partition coefficient (Wildman–Crippen LogP) is 3.48. The molecule has 0 saturated carbocycles. The maximum atomic E-state index is 12.3. The van der Waals surface area contributed by atoms with E-state index >= 15 is 0 Å². The fourth-order valence-electron chi connectivity index (χ4n) is 2.64. The Morgan fingerprint density at radius 1 is 1.24 bits per heavy atom. The molecule has 10 heteroatoms. The number of anilines is 1. The molecule has 0 bridgehead atoms. The fraction of sp³-hybridized carbons (Fsp3) is 0.368. The van der Waals surface area contributed by atoms with Crippen molar-refractivity contribution in [2.45, 2.75) is 45.2 Å². The van der Waals surface area contributed by atoms with Crippen LogP contribution in [0, 0.1) is 0 Å². The van der Waals surface area contributed by atoms with Crippen molar-refractivity contribution in [1.82, 2.24) is 19.7 Å². The van der Waals surface area contributed by atoms with E-state index in [9.17, 15) is 4.79 Å². The Kier molecular flexibility index (Phi) is 10.8. The number of halogens is 2. The van der Waals surface area contributed by atoms with Gasteiger partial charge in [0.2, 0.25) is 11.0 Å². The normalized spacial score (nSPS) is 11.2. The number of aryl methyl sites for hydroxylation is 1. The smallest absolute Gasteiger partial charge is 0.243 e. The van der Waals surface area contributed by atoms with E-state index in [0.29, 0.717) is 11.6 Å². The van der Waals surface area contributed by atoms with E-state index in [1.165, 1.54) is 16.9 Å². The highest BCUT2D eigenvalue weighted by atomic mass is 35.5. The molecule has 3 rings (SSSR count). The molecule has 0 spiro atoms. The van der Waals surface area contributed by atoms with Crippen LogP contribution in [0.15, 0.2) is 42.9 Å². The summed E-state index contributed by atoms with van der Waals surface area (Å²) in [7, 11) is 0. The summed E-state index contributed by atoms with van der Waals surface area (Å²) in [5.41, 5.74) is 8.02. The fourth-order valence-corrected chi connectivity index (χ4v) is 3.43. The average molecular weight is 457 g/mol. The minimum absolute atomic E-state index is 0. The zero-order valence-electron chi connectivity index (χ0n) is 16.2. The number of amides is 1. The number of hydrogen-bond acceptors (Lipinski definition) is 6. The first-order valence-electron chi connectivity index (χ1n) is 9.07. The minimum Gasteiger partial charge on any atom is -0.333 e. The van der Waals surface area contributed by atoms with Gasteiger partial charge in [0, 0.05) is 25.6 Å². The van der Waals surface area contributed by atoms with Crippen molar-refractivity contribution in [3.63, 3.8) is 0 Å². The van der Waals surface area contributed by atoms with E-state index in [2.05, 4.69) is 39.6 Å². The van der Waals surface area contributed by atoms with Gasteiger partial charge in [0.15, 0.2) is 0 Å². The number of benzene rings is 1. The first-order valence-corrected chi connectivity index (χ1v) is 9.89. The van der Waals surface area contributed by atoms with Gasteiger partial charge in [0.1, 0.15) is 5.01 Å². The molecule has 1 amide bonds. The van der Waals surface area contributed by atoms with Gasteiger partial charge in [-0.05, 0) is 12.0 Å². The number of rotatable bonds is 9. The monoisotopic (exact) mass is 456 g/mol. The van der Waals surface area contributed by atoms with Crippen molar-refractivity contribution in [3.8, 4) is 0 Å². The van der Waals surface area contributed by atoms with Crippen LogP contribution < -0.4 is 11.1 Å². The molecule has 2 heterocycles. The van der Waals surface area contributed by atoms with Crippen molar-refractivity contribution in [2.24, 2.45) is 5.73 Å². The molecule has 0 radical (unpaired) electrons. The molecule has 3 N–H and O–H groups in total. The molecule has 0 aliphatic heterocycles. The zero-order chi connectivity index (χ0) is 19.1. The van der Waals surface area contributed by atoms with E-state index < -0.39 is 6.04 Å². The molecule has 0 aliphatic carbocycles. The van der Waals surface area contributed by atoms with Gasteiger partial charge in [-0.1, -0.05) is 55.0 Å². The highest BCUT2D eigenvalue weighted by molar-refractivity contribution is 7.15. The Morgan fingerprint density at radius 2 is 2.00 bits per heavy atom. The maximum Gasteiger partial charge on any atom is 0.243 e. The van der Waals surface area contributed by atoms with Gasteiger partial charge >= 0.3 is 0 Å². The van der Waals surface area contributed by atoms with Gasteiger partial charge in [-0.25, -0.2) is 4.98 Å². The number of aromatic nitrogens is 4. The first-order chi connectivity index (χ1) is 13.1. The summed E-state index contributed by atoms with van der Waals surface area (Å²) in [6.07, 6.45) is 7.10. The summed E-state index contributed by atoms with van der Waals surface area (Å²) < 4.78 is 1.99. The van der Waals surface area contributed by atoms with Gasteiger partial charge in [0.25, 0.3) is 0 Å². The van der Waals surface area contributed by atoms with E-state index in [1.54, 1.807) is 6.33 Å². The summed E-state index contributed by atoms with van der Waals surface area (Å²) in [6, 6.07) is 9.45. The molecular weight excluding hydrogens is 431 g/mol. The van der Waals surface area contributed by atoms with Crippen LogP contribution >= 0.6 is 36.2 Å². The Balaban J connectivity index is 0.00000210. The Hall–Kier alpha value is -2.00. The molecule has 7 nitrogen and oxygen atoms in total. The number of imidazole rings is 1. The number of carbonyl (C=O) groups excluding carboxylic acids is 1. The predicted molar refractivity (Wildman–Crippen MR) is 121 cm³/mol. The lowest BCUT2D eigenvalue weighted by Crippen LogP contribution is -2.37. The molecule has 158 valence electrons. The van der Waals surface area contributed by atoms with Crippen LogP contribution in [0.25, 0.3) is 0 Å². The molecule has 0 aliphatic rings. The number of nitrogens with one attached hydrogen (secondary N) is 1. The Morgan fingerprint density at radius 3 is 2.72 bits per heavy atom. The molecule has 0 saturated heterocycles. The van der Waals surface area contributed by atoms with Gasteiger partial charge in [-0.15, -0.1) is 35.0 Å². The van der Waals surface area contributed by atoms with Crippen LogP contribution in [0.1, 0.15) is 36.0 Å². The van der Waals surface area contributed by atoms with Crippen molar-refractivity contribution in [3.05, 3.63) is 59.1 Å². The highest BCUT2D eigenvalue weighted by Gasteiger charge is 2.17. The molecule has 1 aromatic carbocycles. The van der Waals surface area contributed by atoms with Crippen LogP contribution in [0.5, 0.6) is 0 Å². The lowest BCUT2D eigenvalue weighted by Gasteiger charge is -2.08. The molecule has 0 fully saturated rings. The second kappa shape index (κ2) is 12.5. The lowest BCUT2D eigenvalue weighted by molar-refractivity contribution is -0.117. The first kappa shape index (κ1) is 25.0. The molecule has 1 atom stereocenters. The lowest BCUT2D eigenvalue weighted by atomic mass is 10.1. The molecule has 3 aromatic rings. The third-order valence-electron chi connectivity index (χ3n) is 4.10. The second-order valence-electron chi connectivity index (χ2n) is 6.43. The van der Waals surface area contributed by atoms with Gasteiger partial charge in [-0.2, -0.15) is 0 Å². The van der Waals surface area contributed by atoms with Crippen molar-refractivity contribution in [2.75, 3.05) is 5.32 Å². The Bertz CT molecular complexity index is 870. The summed E-state index contributed by atoms with van der Waals surface area (Å²) in [5.74, 6) is -0.272. The van der Waals surface area contributed by atoms with Crippen LogP contribution in [0.3, 0.4) is 0 Å². The number of hydrogen-bond donors (Lipinski definition) is 2. The standard InChI is InChI=1S/C19H24N6OS.2ClH/c1-2-3-9-17-23-24-19(27-17)22-18(26)16(20)10-15-12-25(13-21-15)11-14-7-5-4-6-8-14;;/h4-8,12-13,16H,2-3,9-11,20H2,1H3,(H,22,24,26);2*1H/t16-;;/m0../s1. The van der Waals surface area contributed by atoms with E-state index in [4.69, 9.17) is 5.73 Å². The molecule has 2 aromatic heterocycles. The van der Waals surface area contributed by atoms with Crippen molar-refractivity contribution in [1.29, 1.82) is 0 Å². The maximum absolute atomic E-state index is 12.3. The van der Waals surface area contributed by atoms with Gasteiger partial charge in [-0.3, -0.25) is 10.1 Å². The van der Waals surface area contributed by atoms with Gasteiger partial charge in [0.05, 0.1) is 18.1 Å². The second-order valence-corrected chi connectivity index (χ2v) is 7.49. The van der Waals surface area contributed by atoms with E-state index in [0.717, 1.165) is 36.5 Å². The van der Waals surface area contributed by atoms with Crippen LogP contribution in [-0.2, 0) is 24.2 Å². The summed E-state index contributed by atoms with van der Waals surface area (Å²) >= 11 is 1.40. The summed E-state index contributed by atoms with van der Waals surface area (Å²) in [5, 5.41) is 12.3. The summed E-state index contributed by atoms with van der Waals surface area (Å²) in [4.78, 5) is 16.7. The molecule has 29 heavy (non-hydrogen) atoms. The number of carbonyl (C=O) groups is 1. The van der Waals surface area contributed by atoms with Crippen molar-refractivity contribution < 1.29 is 4.79 Å².